The average Bonchev–Trinajstić information content (AvgIpc) is 2.72. The number of rotatable bonds is 3. The number of anilines is 3. The fourth-order valence-electron chi connectivity index (χ4n) is 2.83. The van der Waals surface area contributed by atoms with E-state index in [-0.39, 0.29) is 0 Å². The van der Waals surface area contributed by atoms with Gasteiger partial charge in [0.1, 0.15) is 0 Å². The molecule has 3 rings (SSSR count). The minimum absolute atomic E-state index is 0.862. The van der Waals surface area contributed by atoms with E-state index in [1.807, 2.05) is 62.4 Å². The van der Waals surface area contributed by atoms with Crippen molar-refractivity contribution in [2.45, 2.75) is 13.8 Å². The fraction of sp³-hybridized carbons (Fsp3) is 0.0769. The molecule has 0 unspecified atom stereocenters. The van der Waals surface area contributed by atoms with Crippen molar-refractivity contribution < 1.29 is 0 Å². The lowest BCUT2D eigenvalue weighted by Crippen LogP contribution is -2.09. The lowest BCUT2D eigenvalue weighted by molar-refractivity contribution is 1.28. The zero-order chi connectivity index (χ0) is 19.1. The highest BCUT2D eigenvalue weighted by atomic mass is 15.1. The van der Waals surface area contributed by atoms with Gasteiger partial charge >= 0.3 is 0 Å². The van der Waals surface area contributed by atoms with Gasteiger partial charge < -0.3 is 4.90 Å². The molecule has 0 spiro atoms. The molecule has 0 radical (unpaired) electrons. The molecule has 3 aromatic carbocycles. The Morgan fingerprint density at radius 1 is 0.556 bits per heavy atom. The quantitative estimate of drug-likeness (QED) is 0.536. The molecule has 0 aliphatic heterocycles. The minimum atomic E-state index is 0.862. The molecule has 0 aliphatic rings. The van der Waals surface area contributed by atoms with Gasteiger partial charge in [0.05, 0.1) is 0 Å². The molecule has 0 atom stereocenters. The Morgan fingerprint density at radius 2 is 0.889 bits per heavy atom. The van der Waals surface area contributed by atoms with E-state index in [1.54, 1.807) is 0 Å². The van der Waals surface area contributed by atoms with Gasteiger partial charge in [-0.2, -0.15) is 0 Å². The molecule has 0 fully saturated rings. The molecule has 0 aromatic heterocycles. The third-order valence-electron chi connectivity index (χ3n) is 4.08. The van der Waals surface area contributed by atoms with E-state index in [0.717, 1.165) is 33.8 Å². The molecule has 0 heterocycles. The van der Waals surface area contributed by atoms with Crippen molar-refractivity contribution in [1.82, 2.24) is 0 Å². The first-order valence-corrected chi connectivity index (χ1v) is 8.67. The maximum Gasteiger partial charge on any atom is 0.0462 e. The lowest BCUT2D eigenvalue weighted by Gasteiger charge is -2.25. The Hall–Kier alpha value is -3.86. The van der Waals surface area contributed by atoms with Crippen LogP contribution in [-0.2, 0) is 0 Å². The summed E-state index contributed by atoms with van der Waals surface area (Å²) in [4.78, 5) is 2.19. The van der Waals surface area contributed by atoms with Gasteiger partial charge in [0.2, 0.25) is 0 Å². The molecule has 0 N–H and O–H groups in total. The van der Waals surface area contributed by atoms with Crippen LogP contribution in [0.5, 0.6) is 0 Å². The van der Waals surface area contributed by atoms with Gasteiger partial charge in [-0.15, -0.1) is 18.3 Å². The van der Waals surface area contributed by atoms with Crippen molar-refractivity contribution in [3.63, 3.8) is 0 Å². The van der Waals surface area contributed by atoms with Crippen LogP contribution in [0.3, 0.4) is 0 Å². The van der Waals surface area contributed by atoms with Crippen LogP contribution in [0.2, 0.25) is 0 Å². The van der Waals surface area contributed by atoms with E-state index >= 15 is 0 Å². The summed E-state index contributed by atoms with van der Waals surface area (Å²) < 4.78 is 0. The summed E-state index contributed by atoms with van der Waals surface area (Å²) in [5.41, 5.74) is 6.01. The third-order valence-corrected chi connectivity index (χ3v) is 4.08. The van der Waals surface area contributed by atoms with E-state index in [9.17, 15) is 0 Å². The van der Waals surface area contributed by atoms with Gasteiger partial charge in [0.15, 0.2) is 0 Å². The molecule has 0 amide bonds. The largest absolute Gasteiger partial charge is 0.311 e. The summed E-state index contributed by atoms with van der Waals surface area (Å²) in [5.74, 6) is 14.7. The Bertz CT molecular complexity index is 1010. The normalized spacial score (nSPS) is 9.22. The molecule has 0 bridgehead atoms. The Balaban J connectivity index is 2.07. The van der Waals surface area contributed by atoms with Crippen molar-refractivity contribution >= 4 is 17.1 Å². The van der Waals surface area contributed by atoms with Crippen molar-refractivity contribution in [3.8, 4) is 36.0 Å². The van der Waals surface area contributed by atoms with Crippen LogP contribution in [0.4, 0.5) is 17.1 Å². The summed E-state index contributed by atoms with van der Waals surface area (Å²) in [5, 5.41) is 0. The summed E-state index contributed by atoms with van der Waals surface area (Å²) in [6.45, 7) is 3.68. The highest BCUT2D eigenvalue weighted by Crippen LogP contribution is 2.34. The van der Waals surface area contributed by atoms with Crippen molar-refractivity contribution in [1.29, 1.82) is 0 Å². The molecular formula is C26H19N. The highest BCUT2D eigenvalue weighted by Gasteiger charge is 2.12. The van der Waals surface area contributed by atoms with Crippen LogP contribution in [-0.4, -0.2) is 0 Å². The van der Waals surface area contributed by atoms with Crippen LogP contribution in [0.1, 0.15) is 30.5 Å². The van der Waals surface area contributed by atoms with Crippen molar-refractivity contribution in [2.75, 3.05) is 4.90 Å². The predicted octanol–water partition coefficient (Wildman–Crippen LogP) is 5.88. The molecule has 128 valence electrons. The zero-order valence-electron chi connectivity index (χ0n) is 15.5. The first kappa shape index (κ1) is 17.9. The second-order valence-corrected chi connectivity index (χ2v) is 5.87. The van der Waals surface area contributed by atoms with Crippen LogP contribution in [0.15, 0.2) is 72.8 Å². The summed E-state index contributed by atoms with van der Waals surface area (Å²) in [6.07, 6.45) is 5.50. The molecule has 0 saturated heterocycles. The van der Waals surface area contributed by atoms with E-state index < -0.39 is 0 Å². The van der Waals surface area contributed by atoms with Crippen LogP contribution in [0, 0.1) is 36.0 Å². The molecule has 27 heavy (non-hydrogen) atoms. The molecular weight excluding hydrogens is 326 g/mol. The van der Waals surface area contributed by atoms with Crippen LogP contribution < -0.4 is 4.90 Å². The van der Waals surface area contributed by atoms with Crippen LogP contribution in [0.25, 0.3) is 0 Å². The second-order valence-electron chi connectivity index (χ2n) is 5.87. The van der Waals surface area contributed by atoms with Gasteiger partial charge in [-0.25, -0.2) is 0 Å². The van der Waals surface area contributed by atoms with Crippen LogP contribution >= 0.6 is 0 Å². The first-order chi connectivity index (χ1) is 13.2. The molecule has 1 heteroatoms. The molecule has 0 aliphatic carbocycles. The maximum absolute atomic E-state index is 5.50. The molecule has 1 nitrogen and oxygen atoms in total. The van der Waals surface area contributed by atoms with Crippen molar-refractivity contribution in [3.05, 3.63) is 89.5 Å². The van der Waals surface area contributed by atoms with E-state index in [4.69, 9.17) is 6.42 Å². The number of benzene rings is 3. The molecule has 0 saturated carbocycles. The fourth-order valence-corrected chi connectivity index (χ4v) is 2.83. The van der Waals surface area contributed by atoms with E-state index in [1.165, 1.54) is 0 Å². The smallest absolute Gasteiger partial charge is 0.0462 e. The SMILES string of the molecule is C#Cc1ccc(N(c2ccc(C#CC)cc2)c2ccc(C#CC)cc2)cc1. The van der Waals surface area contributed by atoms with E-state index in [2.05, 4.69) is 58.8 Å². The Kier molecular flexibility index (Phi) is 5.64. The third kappa shape index (κ3) is 4.22. The summed E-state index contributed by atoms with van der Waals surface area (Å²) in [6, 6.07) is 24.4. The Morgan fingerprint density at radius 3 is 1.19 bits per heavy atom. The second kappa shape index (κ2) is 8.49. The van der Waals surface area contributed by atoms with Gasteiger partial charge in [-0.05, 0) is 86.6 Å². The Labute approximate surface area is 161 Å². The summed E-state index contributed by atoms with van der Waals surface area (Å²) in [7, 11) is 0. The van der Waals surface area contributed by atoms with Gasteiger partial charge in [0.25, 0.3) is 0 Å². The number of hydrogen-bond donors (Lipinski definition) is 0. The van der Waals surface area contributed by atoms with Gasteiger partial charge in [0, 0.05) is 33.8 Å². The van der Waals surface area contributed by atoms with Gasteiger partial charge in [-0.1, -0.05) is 17.8 Å². The van der Waals surface area contributed by atoms with Gasteiger partial charge in [-0.3, -0.25) is 0 Å². The molecule has 3 aromatic rings. The highest BCUT2D eigenvalue weighted by molar-refractivity contribution is 5.77. The number of terminal acetylenes is 1. The van der Waals surface area contributed by atoms with E-state index in [0.29, 0.717) is 0 Å². The summed E-state index contributed by atoms with van der Waals surface area (Å²) >= 11 is 0. The predicted molar refractivity (Wildman–Crippen MR) is 114 cm³/mol. The van der Waals surface area contributed by atoms with Crippen molar-refractivity contribution in [2.24, 2.45) is 0 Å². The topological polar surface area (TPSA) is 3.24 Å². The zero-order valence-corrected chi connectivity index (χ0v) is 15.5. The monoisotopic (exact) mass is 345 g/mol. The first-order valence-electron chi connectivity index (χ1n) is 8.67. The maximum atomic E-state index is 5.50. The number of hydrogen-bond acceptors (Lipinski definition) is 1. The minimum Gasteiger partial charge on any atom is -0.311 e. The lowest BCUT2D eigenvalue weighted by atomic mass is 10.1. The average molecular weight is 345 g/mol. The standard InChI is InChI=1S/C26H19N/c1-4-7-22-11-17-25(18-12-22)27(24-15-9-21(6-3)10-16-24)26-19-13-23(8-5-2)14-20-26/h3,9-20H,1-2H3. The number of nitrogens with zero attached hydrogens (tertiary/aromatic N) is 1.